The summed E-state index contributed by atoms with van der Waals surface area (Å²) in [4.78, 5) is 7.91. The van der Waals surface area contributed by atoms with E-state index in [1.54, 1.807) is 14.0 Å². The number of nitrogens with two attached hydrogens (primary N) is 1. The van der Waals surface area contributed by atoms with E-state index < -0.39 is 6.10 Å². The Labute approximate surface area is 105 Å². The van der Waals surface area contributed by atoms with Crippen LogP contribution in [0.3, 0.4) is 0 Å². The lowest BCUT2D eigenvalue weighted by Gasteiger charge is -2.12. The van der Waals surface area contributed by atoms with Gasteiger partial charge in [0.1, 0.15) is 0 Å². The van der Waals surface area contributed by atoms with Crippen molar-refractivity contribution in [2.45, 2.75) is 19.4 Å². The summed E-state index contributed by atoms with van der Waals surface area (Å²) in [5.74, 6) is 0.493. The number of nitrogen functional groups attached to an aromatic ring is 1. The van der Waals surface area contributed by atoms with Gasteiger partial charge >= 0.3 is 0 Å². The first kappa shape index (κ1) is 14.0. The average molecular weight is 261 g/mol. The van der Waals surface area contributed by atoms with Crippen molar-refractivity contribution >= 4 is 23.1 Å². The number of nitrogens with one attached hydrogen (secondary N) is 1. The SMILES string of the molecule is COCC(O)CCNc1nc(Cl)nc(C)c1N. The fourth-order valence-electron chi connectivity index (χ4n) is 1.32. The minimum Gasteiger partial charge on any atom is -0.394 e. The van der Waals surface area contributed by atoms with Gasteiger partial charge in [0.15, 0.2) is 5.82 Å². The number of aryl methyl sites for hydroxylation is 1. The first-order valence-corrected chi connectivity index (χ1v) is 5.63. The van der Waals surface area contributed by atoms with E-state index in [0.29, 0.717) is 36.8 Å². The molecule has 0 aromatic carbocycles. The highest BCUT2D eigenvalue weighted by Gasteiger charge is 2.08. The Bertz CT molecular complexity index is 376. The molecule has 17 heavy (non-hydrogen) atoms. The number of ether oxygens (including phenoxy) is 1. The van der Waals surface area contributed by atoms with E-state index in [-0.39, 0.29) is 5.28 Å². The second-order valence-corrected chi connectivity index (χ2v) is 4.00. The molecule has 0 aliphatic carbocycles. The summed E-state index contributed by atoms with van der Waals surface area (Å²) in [6.45, 7) is 2.59. The smallest absolute Gasteiger partial charge is 0.224 e. The molecule has 0 saturated heterocycles. The number of hydrogen-bond acceptors (Lipinski definition) is 6. The van der Waals surface area contributed by atoms with Gasteiger partial charge in [-0.05, 0) is 24.9 Å². The van der Waals surface area contributed by atoms with Crippen LogP contribution in [0.5, 0.6) is 0 Å². The zero-order chi connectivity index (χ0) is 12.8. The van der Waals surface area contributed by atoms with E-state index in [4.69, 9.17) is 22.1 Å². The van der Waals surface area contributed by atoms with Crippen molar-refractivity contribution in [3.63, 3.8) is 0 Å². The van der Waals surface area contributed by atoms with E-state index in [1.807, 2.05) is 0 Å². The number of anilines is 2. The number of hydrogen-bond donors (Lipinski definition) is 3. The summed E-state index contributed by atoms with van der Waals surface area (Å²) >= 11 is 5.73. The molecule has 1 atom stereocenters. The molecule has 1 aromatic heterocycles. The lowest BCUT2D eigenvalue weighted by atomic mass is 10.2. The number of aliphatic hydroxyl groups is 1. The van der Waals surface area contributed by atoms with Gasteiger partial charge in [-0.15, -0.1) is 0 Å². The summed E-state index contributed by atoms with van der Waals surface area (Å²) in [5.41, 5.74) is 6.89. The van der Waals surface area contributed by atoms with Crippen LogP contribution in [0.25, 0.3) is 0 Å². The van der Waals surface area contributed by atoms with Gasteiger partial charge in [0.2, 0.25) is 5.28 Å². The Morgan fingerprint density at radius 3 is 2.88 bits per heavy atom. The minimum atomic E-state index is -0.507. The van der Waals surface area contributed by atoms with Crippen LogP contribution in [0.15, 0.2) is 0 Å². The fraction of sp³-hybridized carbons (Fsp3) is 0.600. The number of methoxy groups -OCH3 is 1. The number of rotatable bonds is 6. The molecule has 4 N–H and O–H groups in total. The summed E-state index contributed by atoms with van der Waals surface area (Å²) < 4.78 is 4.82. The first-order chi connectivity index (χ1) is 8.04. The summed E-state index contributed by atoms with van der Waals surface area (Å²) in [6.07, 6.45) is 0.0284. The number of aliphatic hydroxyl groups excluding tert-OH is 1. The lowest BCUT2D eigenvalue weighted by Crippen LogP contribution is -2.19. The van der Waals surface area contributed by atoms with Gasteiger partial charge in [0.25, 0.3) is 0 Å². The van der Waals surface area contributed by atoms with Crippen molar-refractivity contribution in [3.8, 4) is 0 Å². The zero-order valence-corrected chi connectivity index (χ0v) is 10.7. The van der Waals surface area contributed by atoms with E-state index >= 15 is 0 Å². The second-order valence-electron chi connectivity index (χ2n) is 3.66. The molecular formula is C10H17ClN4O2. The Hall–Kier alpha value is -1.11. The molecule has 1 rings (SSSR count). The third kappa shape index (κ3) is 4.33. The number of halogens is 1. The highest BCUT2D eigenvalue weighted by atomic mass is 35.5. The molecule has 96 valence electrons. The summed E-state index contributed by atoms with van der Waals surface area (Å²) in [5, 5.41) is 12.6. The van der Waals surface area contributed by atoms with E-state index in [2.05, 4.69) is 15.3 Å². The van der Waals surface area contributed by atoms with Gasteiger partial charge in [-0.25, -0.2) is 4.98 Å². The predicted molar refractivity (Wildman–Crippen MR) is 67.2 cm³/mol. The molecule has 0 spiro atoms. The maximum absolute atomic E-state index is 9.45. The van der Waals surface area contributed by atoms with Crippen LogP contribution in [0, 0.1) is 6.92 Å². The standard InChI is InChI=1S/C10H17ClN4O2/c1-6-8(12)9(15-10(11)14-6)13-4-3-7(16)5-17-2/h7,16H,3-5,12H2,1-2H3,(H,13,14,15). The number of nitrogens with zero attached hydrogens (tertiary/aromatic N) is 2. The zero-order valence-electron chi connectivity index (χ0n) is 9.90. The largest absolute Gasteiger partial charge is 0.394 e. The summed E-state index contributed by atoms with van der Waals surface area (Å²) in [7, 11) is 1.54. The molecule has 1 unspecified atom stereocenters. The van der Waals surface area contributed by atoms with Crippen LogP contribution in [-0.2, 0) is 4.74 Å². The lowest BCUT2D eigenvalue weighted by molar-refractivity contribution is 0.0615. The van der Waals surface area contributed by atoms with Crippen molar-refractivity contribution in [1.29, 1.82) is 0 Å². The maximum atomic E-state index is 9.45. The monoisotopic (exact) mass is 260 g/mol. The van der Waals surface area contributed by atoms with E-state index in [9.17, 15) is 5.11 Å². The van der Waals surface area contributed by atoms with Crippen LogP contribution in [0.1, 0.15) is 12.1 Å². The Morgan fingerprint density at radius 2 is 2.24 bits per heavy atom. The molecule has 0 bridgehead atoms. The molecule has 6 nitrogen and oxygen atoms in total. The maximum Gasteiger partial charge on any atom is 0.224 e. The molecule has 0 aliphatic heterocycles. The highest BCUT2D eigenvalue weighted by Crippen LogP contribution is 2.20. The minimum absolute atomic E-state index is 0.150. The topological polar surface area (TPSA) is 93.3 Å². The average Bonchev–Trinajstić information content (AvgIpc) is 2.25. The second kappa shape index (κ2) is 6.58. The molecule has 0 fully saturated rings. The predicted octanol–water partition coefficient (Wildman–Crippen LogP) is 0.830. The van der Waals surface area contributed by atoms with E-state index in [1.165, 1.54) is 0 Å². The van der Waals surface area contributed by atoms with Crippen LogP contribution < -0.4 is 11.1 Å². The van der Waals surface area contributed by atoms with E-state index in [0.717, 1.165) is 0 Å². The van der Waals surface area contributed by atoms with Crippen LogP contribution >= 0.6 is 11.6 Å². The first-order valence-electron chi connectivity index (χ1n) is 5.25. The third-order valence-corrected chi connectivity index (χ3v) is 2.41. The normalized spacial score (nSPS) is 12.5. The molecule has 0 radical (unpaired) electrons. The summed E-state index contributed by atoms with van der Waals surface area (Å²) in [6, 6.07) is 0. The fourth-order valence-corrected chi connectivity index (χ4v) is 1.53. The number of aromatic nitrogens is 2. The molecule has 7 heteroatoms. The van der Waals surface area contributed by atoms with Crippen molar-refractivity contribution in [1.82, 2.24) is 9.97 Å². The highest BCUT2D eigenvalue weighted by molar-refractivity contribution is 6.28. The van der Waals surface area contributed by atoms with Crippen LogP contribution in [0.2, 0.25) is 5.28 Å². The molecule has 0 amide bonds. The Kier molecular flexibility index (Phi) is 5.40. The van der Waals surface area contributed by atoms with Crippen molar-refractivity contribution in [3.05, 3.63) is 11.0 Å². The molecule has 0 saturated carbocycles. The third-order valence-electron chi connectivity index (χ3n) is 2.24. The van der Waals surface area contributed by atoms with Gasteiger partial charge in [-0.1, -0.05) is 0 Å². The van der Waals surface area contributed by atoms with Gasteiger partial charge in [0, 0.05) is 13.7 Å². The van der Waals surface area contributed by atoms with Crippen molar-refractivity contribution < 1.29 is 9.84 Å². The quantitative estimate of drug-likeness (QED) is 0.656. The van der Waals surface area contributed by atoms with Gasteiger partial charge in [0.05, 0.1) is 24.1 Å². The van der Waals surface area contributed by atoms with Crippen molar-refractivity contribution in [2.75, 3.05) is 31.3 Å². The molecule has 1 aromatic rings. The molecule has 1 heterocycles. The molecular weight excluding hydrogens is 244 g/mol. The van der Waals surface area contributed by atoms with Crippen molar-refractivity contribution in [2.24, 2.45) is 0 Å². The van der Waals surface area contributed by atoms with Crippen LogP contribution in [-0.4, -0.2) is 41.4 Å². The van der Waals surface area contributed by atoms with Gasteiger partial charge in [-0.3, -0.25) is 0 Å². The Balaban J connectivity index is 2.52. The Morgan fingerprint density at radius 1 is 1.53 bits per heavy atom. The molecule has 0 aliphatic rings. The van der Waals surface area contributed by atoms with Crippen LogP contribution in [0.4, 0.5) is 11.5 Å². The van der Waals surface area contributed by atoms with Gasteiger partial charge in [-0.2, -0.15) is 4.98 Å². The van der Waals surface area contributed by atoms with Gasteiger partial charge < -0.3 is 20.9 Å².